The predicted molar refractivity (Wildman–Crippen MR) is 200 cm³/mol. The fourth-order valence-electron chi connectivity index (χ4n) is 6.73. The van der Waals surface area contributed by atoms with Gasteiger partial charge in [-0.3, -0.25) is 4.98 Å². The van der Waals surface area contributed by atoms with Crippen molar-refractivity contribution < 1.29 is 34.6 Å². The maximum atomic E-state index is 6.77. The van der Waals surface area contributed by atoms with E-state index in [0.717, 1.165) is 72.5 Å². The van der Waals surface area contributed by atoms with Gasteiger partial charge in [0.2, 0.25) is 5.88 Å². The molecule has 0 bridgehead atoms. The maximum absolute atomic E-state index is 6.77. The number of fused-ring (bicyclic) bond motifs is 6. The van der Waals surface area contributed by atoms with Crippen molar-refractivity contribution in [3.8, 4) is 45.5 Å². The molecule has 9 aromatic rings. The van der Waals surface area contributed by atoms with Crippen LogP contribution in [0.15, 0.2) is 136 Å². The minimum atomic E-state index is 0. The van der Waals surface area contributed by atoms with Gasteiger partial charge in [-0.05, 0) is 52.7 Å². The van der Waals surface area contributed by atoms with E-state index in [1.165, 1.54) is 5.56 Å². The monoisotopic (exact) mass is 843 g/mol. The first-order valence-corrected chi connectivity index (χ1v) is 16.8. The molecule has 0 aliphatic rings. The second-order valence-electron chi connectivity index (χ2n) is 13.9. The standard InChI is InChI=1S/C45H32N2O3.Pt/c1-45(2,3)27-28-18-19-35-41(21-28)50-44-36(23-29-11-4-6-15-34(29)43(35)44)38-24-32(40-25-31-12-5-7-17-39(31)49-40)26-42(47-38)48-33-14-10-13-30(22-33)37-16-8-9-20-46-37;/h4-21,24-26H,27H2,1-3H3;/q-2;+2. The number of furan rings is 2. The Labute approximate surface area is 310 Å². The van der Waals surface area contributed by atoms with Crippen LogP contribution in [0.3, 0.4) is 0 Å². The molecule has 0 aliphatic carbocycles. The smallest absolute Gasteiger partial charge is 0.491 e. The number of hydrogen-bond donors (Lipinski definition) is 0. The second kappa shape index (κ2) is 13.0. The molecular weight excluding hydrogens is 812 g/mol. The van der Waals surface area contributed by atoms with Crippen molar-refractivity contribution in [3.05, 3.63) is 145 Å². The van der Waals surface area contributed by atoms with Crippen molar-refractivity contribution in [2.24, 2.45) is 5.41 Å². The normalized spacial score (nSPS) is 11.7. The fraction of sp³-hybridized carbons (Fsp3) is 0.111. The second-order valence-corrected chi connectivity index (χ2v) is 13.9. The molecule has 0 unspecified atom stereocenters. The summed E-state index contributed by atoms with van der Waals surface area (Å²) < 4.78 is 19.6. The number of ether oxygens (including phenoxy) is 1. The zero-order valence-corrected chi connectivity index (χ0v) is 30.5. The van der Waals surface area contributed by atoms with Gasteiger partial charge in [0.1, 0.15) is 16.9 Å². The van der Waals surface area contributed by atoms with Gasteiger partial charge in [-0.15, -0.1) is 41.3 Å². The van der Waals surface area contributed by atoms with Crippen LogP contribution in [0, 0.1) is 17.5 Å². The summed E-state index contributed by atoms with van der Waals surface area (Å²) in [4.78, 5) is 9.57. The summed E-state index contributed by atoms with van der Waals surface area (Å²) in [5, 5.41) is 5.19. The zero-order chi connectivity index (χ0) is 33.8. The van der Waals surface area contributed by atoms with Crippen LogP contribution in [0.1, 0.15) is 26.3 Å². The molecule has 250 valence electrons. The Balaban J connectivity index is 0.00000374. The van der Waals surface area contributed by atoms with Gasteiger partial charge >= 0.3 is 21.1 Å². The Kier molecular flexibility index (Phi) is 8.32. The van der Waals surface area contributed by atoms with E-state index in [2.05, 4.69) is 74.3 Å². The van der Waals surface area contributed by atoms with Crippen LogP contribution in [0.4, 0.5) is 0 Å². The van der Waals surface area contributed by atoms with E-state index >= 15 is 0 Å². The van der Waals surface area contributed by atoms with Crippen molar-refractivity contribution in [3.63, 3.8) is 0 Å². The van der Waals surface area contributed by atoms with Crippen molar-refractivity contribution in [2.75, 3.05) is 0 Å². The van der Waals surface area contributed by atoms with E-state index in [4.69, 9.17) is 18.6 Å². The summed E-state index contributed by atoms with van der Waals surface area (Å²) in [5.41, 5.74) is 7.64. The summed E-state index contributed by atoms with van der Waals surface area (Å²) in [6, 6.07) is 47.5. The third kappa shape index (κ3) is 6.35. The van der Waals surface area contributed by atoms with Gasteiger partial charge in [0.05, 0.1) is 5.58 Å². The van der Waals surface area contributed by atoms with Crippen molar-refractivity contribution in [1.29, 1.82) is 0 Å². The molecule has 0 spiro atoms. The maximum Gasteiger partial charge on any atom is 2.00 e. The molecule has 0 atom stereocenters. The number of benzene rings is 5. The largest absolute Gasteiger partial charge is 2.00 e. The number of nitrogens with zero attached hydrogens (tertiary/aromatic N) is 2. The van der Waals surface area contributed by atoms with E-state index in [0.29, 0.717) is 23.1 Å². The number of hydrogen-bond acceptors (Lipinski definition) is 5. The van der Waals surface area contributed by atoms with Crippen molar-refractivity contribution in [2.45, 2.75) is 27.2 Å². The quantitative estimate of drug-likeness (QED) is 0.156. The van der Waals surface area contributed by atoms with Gasteiger partial charge in [-0.25, -0.2) is 0 Å². The topological polar surface area (TPSA) is 61.3 Å². The van der Waals surface area contributed by atoms with Crippen LogP contribution < -0.4 is 4.74 Å². The number of aromatic nitrogens is 2. The van der Waals surface area contributed by atoms with Gasteiger partial charge in [0.15, 0.2) is 0 Å². The Hall–Kier alpha value is -5.51. The van der Waals surface area contributed by atoms with E-state index in [-0.39, 0.29) is 26.5 Å². The van der Waals surface area contributed by atoms with Crippen LogP contribution in [0.25, 0.3) is 77.5 Å². The van der Waals surface area contributed by atoms with Crippen LogP contribution >= 0.6 is 0 Å². The van der Waals surface area contributed by atoms with Gasteiger partial charge in [-0.2, -0.15) is 0 Å². The molecule has 51 heavy (non-hydrogen) atoms. The van der Waals surface area contributed by atoms with E-state index in [9.17, 15) is 0 Å². The number of para-hydroxylation sites is 1. The third-order valence-electron chi connectivity index (χ3n) is 8.86. The Morgan fingerprint density at radius 2 is 1.55 bits per heavy atom. The van der Waals surface area contributed by atoms with E-state index < -0.39 is 0 Å². The average molecular weight is 844 g/mol. The summed E-state index contributed by atoms with van der Waals surface area (Å²) in [7, 11) is 0. The first-order chi connectivity index (χ1) is 24.3. The SMILES string of the molecule is CC(C)(C)Cc1ccc2c(c1)oc1c(-c3cc(-c4cc5ccccc5o4)cc(Oc4[c-]c(-c5ccccn5)ccc4)n3)[c-]c3ccccc3c12.[Pt+2]. The number of pyridine rings is 2. The molecule has 4 aromatic heterocycles. The summed E-state index contributed by atoms with van der Waals surface area (Å²) in [6.07, 6.45) is 2.71. The molecule has 9 rings (SSSR count). The molecule has 0 radical (unpaired) electrons. The zero-order valence-electron chi connectivity index (χ0n) is 28.3. The Morgan fingerprint density at radius 1 is 0.706 bits per heavy atom. The summed E-state index contributed by atoms with van der Waals surface area (Å²) >= 11 is 0. The Morgan fingerprint density at radius 3 is 2.39 bits per heavy atom. The first-order valence-electron chi connectivity index (χ1n) is 16.8. The van der Waals surface area contributed by atoms with E-state index in [1.807, 2.05) is 84.9 Å². The molecule has 5 aromatic carbocycles. The van der Waals surface area contributed by atoms with Crippen LogP contribution in [0.2, 0.25) is 0 Å². The molecule has 0 aliphatic heterocycles. The molecule has 0 saturated heterocycles. The van der Waals surface area contributed by atoms with Gasteiger partial charge in [0, 0.05) is 40.0 Å². The average Bonchev–Trinajstić information content (AvgIpc) is 3.73. The molecular formula is C45H32N2O3Pt. The summed E-state index contributed by atoms with van der Waals surface area (Å²) in [5.74, 6) is 1.63. The van der Waals surface area contributed by atoms with E-state index in [1.54, 1.807) is 6.20 Å². The predicted octanol–water partition coefficient (Wildman–Crippen LogP) is 12.3. The first kappa shape index (κ1) is 32.7. The minimum absolute atomic E-state index is 0. The molecule has 0 N–H and O–H groups in total. The number of rotatable bonds is 6. The molecule has 0 fully saturated rings. The van der Waals surface area contributed by atoms with Gasteiger partial charge < -0.3 is 18.6 Å². The molecule has 6 heteroatoms. The van der Waals surface area contributed by atoms with Crippen LogP contribution in [-0.2, 0) is 27.5 Å². The molecule has 5 nitrogen and oxygen atoms in total. The van der Waals surface area contributed by atoms with Crippen LogP contribution in [-0.4, -0.2) is 9.97 Å². The van der Waals surface area contributed by atoms with Gasteiger partial charge in [0.25, 0.3) is 0 Å². The Bertz CT molecular complexity index is 2670. The fourth-order valence-corrected chi connectivity index (χ4v) is 6.73. The van der Waals surface area contributed by atoms with Crippen molar-refractivity contribution >= 4 is 43.7 Å². The molecule has 0 amide bonds. The van der Waals surface area contributed by atoms with Crippen LogP contribution in [0.5, 0.6) is 11.6 Å². The summed E-state index contributed by atoms with van der Waals surface area (Å²) in [6.45, 7) is 6.76. The minimum Gasteiger partial charge on any atom is -0.491 e. The van der Waals surface area contributed by atoms with Crippen molar-refractivity contribution in [1.82, 2.24) is 9.97 Å². The molecule has 0 saturated carbocycles. The molecule has 4 heterocycles. The third-order valence-corrected chi connectivity index (χ3v) is 8.86. The van der Waals surface area contributed by atoms with Gasteiger partial charge in [-0.1, -0.05) is 105 Å².